The number of benzene rings is 1. The van der Waals surface area contributed by atoms with Gasteiger partial charge in [-0.25, -0.2) is 14.6 Å². The molecule has 3 aromatic rings. The summed E-state index contributed by atoms with van der Waals surface area (Å²) in [5.41, 5.74) is 1.32. The minimum Gasteiger partial charge on any atom is -0.484 e. The molecule has 2 heterocycles. The van der Waals surface area contributed by atoms with Crippen molar-refractivity contribution in [1.82, 2.24) is 4.98 Å². The van der Waals surface area contributed by atoms with Gasteiger partial charge in [0.1, 0.15) is 16.2 Å². The number of anilines is 1. The van der Waals surface area contributed by atoms with Gasteiger partial charge >= 0.3 is 11.6 Å². The highest BCUT2D eigenvalue weighted by molar-refractivity contribution is 7.17. The molecule has 3 rings (SSSR count). The second kappa shape index (κ2) is 8.87. The molecule has 0 spiro atoms. The van der Waals surface area contributed by atoms with E-state index in [-0.39, 0.29) is 13.2 Å². The second-order valence-electron chi connectivity index (χ2n) is 6.11. The van der Waals surface area contributed by atoms with Gasteiger partial charge in [0, 0.05) is 17.5 Å². The predicted octanol–water partition coefficient (Wildman–Crippen LogP) is 3.31. The van der Waals surface area contributed by atoms with Gasteiger partial charge in [0.2, 0.25) is 0 Å². The van der Waals surface area contributed by atoms with Crippen LogP contribution in [-0.2, 0) is 16.0 Å². The molecule has 1 amide bonds. The Balaban J connectivity index is 1.66. The van der Waals surface area contributed by atoms with Gasteiger partial charge in [0.25, 0.3) is 5.91 Å². The number of esters is 1. The van der Waals surface area contributed by atoms with E-state index in [0.29, 0.717) is 33.5 Å². The average molecular weight is 416 g/mol. The van der Waals surface area contributed by atoms with E-state index in [9.17, 15) is 14.4 Å². The molecule has 0 saturated carbocycles. The quantitative estimate of drug-likeness (QED) is 0.465. The minimum absolute atomic E-state index is 0.265. The van der Waals surface area contributed by atoms with Crippen molar-refractivity contribution in [3.05, 3.63) is 50.8 Å². The van der Waals surface area contributed by atoms with Gasteiger partial charge in [-0.15, -0.1) is 0 Å². The maximum Gasteiger partial charge on any atom is 0.350 e. The number of fused-ring (bicyclic) bond motifs is 1. The van der Waals surface area contributed by atoms with E-state index < -0.39 is 17.5 Å². The Labute approximate surface area is 170 Å². The van der Waals surface area contributed by atoms with Crippen LogP contribution in [0.1, 0.15) is 34.8 Å². The maximum atomic E-state index is 12.2. The highest BCUT2D eigenvalue weighted by Crippen LogP contribution is 2.25. The monoisotopic (exact) mass is 416 g/mol. The standard InChI is InChI=1S/C20H20N2O6S/c1-4-14-18(19(25)26-5-2)29-20(21-14)22-16(23)10-27-12-6-7-13-11(3)8-17(24)28-15(13)9-12/h6-9H,4-5,10H2,1-3H3,(H,21,22,23). The SMILES string of the molecule is CCOC(=O)c1sc(NC(=O)COc2ccc3c(C)cc(=O)oc3c2)nc1CC. The first-order valence-electron chi connectivity index (χ1n) is 9.05. The van der Waals surface area contributed by atoms with Crippen LogP contribution in [0.25, 0.3) is 11.0 Å². The topological polar surface area (TPSA) is 108 Å². The molecular weight excluding hydrogens is 396 g/mol. The summed E-state index contributed by atoms with van der Waals surface area (Å²) in [6.45, 7) is 5.41. The van der Waals surface area contributed by atoms with Gasteiger partial charge in [0.05, 0.1) is 12.3 Å². The lowest BCUT2D eigenvalue weighted by molar-refractivity contribution is -0.118. The zero-order valence-corrected chi connectivity index (χ0v) is 17.1. The Morgan fingerprint density at radius 3 is 2.76 bits per heavy atom. The van der Waals surface area contributed by atoms with Crippen molar-refractivity contribution in [2.45, 2.75) is 27.2 Å². The first-order valence-corrected chi connectivity index (χ1v) is 9.86. The molecule has 29 heavy (non-hydrogen) atoms. The fourth-order valence-electron chi connectivity index (χ4n) is 2.70. The van der Waals surface area contributed by atoms with Crippen LogP contribution in [0.3, 0.4) is 0 Å². The Kier molecular flexibility index (Phi) is 6.28. The molecule has 0 aliphatic heterocycles. The number of rotatable bonds is 7. The molecule has 1 N–H and O–H groups in total. The minimum atomic E-state index is -0.452. The van der Waals surface area contributed by atoms with Gasteiger partial charge in [-0.3, -0.25) is 10.1 Å². The number of thiazole rings is 1. The highest BCUT2D eigenvalue weighted by Gasteiger charge is 2.19. The summed E-state index contributed by atoms with van der Waals surface area (Å²) >= 11 is 1.06. The Hall–Kier alpha value is -3.20. The van der Waals surface area contributed by atoms with Gasteiger partial charge < -0.3 is 13.9 Å². The number of carbonyl (C=O) groups excluding carboxylic acids is 2. The number of amides is 1. The third-order valence-electron chi connectivity index (χ3n) is 4.03. The molecule has 0 aliphatic rings. The molecule has 2 aromatic heterocycles. The van der Waals surface area contributed by atoms with Crippen LogP contribution >= 0.6 is 11.3 Å². The van der Waals surface area contributed by atoms with E-state index in [0.717, 1.165) is 22.3 Å². The summed E-state index contributed by atoms with van der Waals surface area (Å²) in [5.74, 6) is -0.490. The first kappa shape index (κ1) is 20.5. The van der Waals surface area contributed by atoms with E-state index in [1.807, 2.05) is 13.8 Å². The second-order valence-corrected chi connectivity index (χ2v) is 7.11. The van der Waals surface area contributed by atoms with Crippen LogP contribution in [0.5, 0.6) is 5.75 Å². The zero-order chi connectivity index (χ0) is 21.0. The van der Waals surface area contributed by atoms with Crippen molar-refractivity contribution in [3.8, 4) is 5.75 Å². The van der Waals surface area contributed by atoms with Crippen molar-refractivity contribution in [2.75, 3.05) is 18.5 Å². The van der Waals surface area contributed by atoms with Crippen molar-refractivity contribution in [1.29, 1.82) is 0 Å². The number of aryl methyl sites for hydroxylation is 2. The van der Waals surface area contributed by atoms with Crippen LogP contribution in [0.2, 0.25) is 0 Å². The molecule has 9 heteroatoms. The molecule has 8 nitrogen and oxygen atoms in total. The van der Waals surface area contributed by atoms with Crippen LogP contribution < -0.4 is 15.7 Å². The fraction of sp³-hybridized carbons (Fsp3) is 0.300. The number of nitrogens with one attached hydrogen (secondary N) is 1. The molecule has 0 radical (unpaired) electrons. The van der Waals surface area contributed by atoms with Crippen molar-refractivity contribution < 1.29 is 23.5 Å². The average Bonchev–Trinajstić information content (AvgIpc) is 3.09. The Morgan fingerprint density at radius 2 is 2.03 bits per heavy atom. The summed E-state index contributed by atoms with van der Waals surface area (Å²) in [6, 6.07) is 6.44. The first-order chi connectivity index (χ1) is 13.9. The summed E-state index contributed by atoms with van der Waals surface area (Å²) in [6.07, 6.45) is 0.540. The van der Waals surface area contributed by atoms with E-state index in [1.54, 1.807) is 25.1 Å². The van der Waals surface area contributed by atoms with E-state index in [4.69, 9.17) is 13.9 Å². The highest BCUT2D eigenvalue weighted by atomic mass is 32.1. The molecular formula is C20H20N2O6S. The molecule has 0 unspecified atom stereocenters. The largest absolute Gasteiger partial charge is 0.484 e. The number of hydrogen-bond acceptors (Lipinski definition) is 8. The molecule has 0 aliphatic carbocycles. The lowest BCUT2D eigenvalue weighted by Gasteiger charge is -2.07. The third kappa shape index (κ3) is 4.80. The van der Waals surface area contributed by atoms with Gasteiger partial charge in [0.15, 0.2) is 11.7 Å². The lowest BCUT2D eigenvalue weighted by atomic mass is 10.1. The van der Waals surface area contributed by atoms with Crippen LogP contribution in [0.15, 0.2) is 33.5 Å². The molecule has 1 aromatic carbocycles. The summed E-state index contributed by atoms with van der Waals surface area (Å²) in [4.78, 5) is 40.3. The van der Waals surface area contributed by atoms with Gasteiger partial charge in [-0.05, 0) is 38.0 Å². The lowest BCUT2D eigenvalue weighted by Crippen LogP contribution is -2.20. The summed E-state index contributed by atoms with van der Waals surface area (Å²) in [7, 11) is 0. The van der Waals surface area contributed by atoms with Gasteiger partial charge in [-0.2, -0.15) is 0 Å². The number of aromatic nitrogens is 1. The van der Waals surface area contributed by atoms with Crippen LogP contribution in [0, 0.1) is 6.92 Å². The van der Waals surface area contributed by atoms with E-state index in [1.165, 1.54) is 6.07 Å². The van der Waals surface area contributed by atoms with Crippen molar-refractivity contribution >= 4 is 39.3 Å². The Morgan fingerprint density at radius 1 is 1.24 bits per heavy atom. The van der Waals surface area contributed by atoms with E-state index in [2.05, 4.69) is 10.3 Å². The maximum absolute atomic E-state index is 12.2. The smallest absolute Gasteiger partial charge is 0.350 e. The van der Waals surface area contributed by atoms with Crippen molar-refractivity contribution in [3.63, 3.8) is 0 Å². The zero-order valence-electron chi connectivity index (χ0n) is 16.2. The molecule has 0 saturated heterocycles. The summed E-state index contributed by atoms with van der Waals surface area (Å²) < 4.78 is 15.7. The van der Waals surface area contributed by atoms with Crippen LogP contribution in [-0.4, -0.2) is 30.1 Å². The molecule has 0 bridgehead atoms. The molecule has 0 fully saturated rings. The number of nitrogens with zero attached hydrogens (tertiary/aromatic N) is 1. The normalized spacial score (nSPS) is 10.7. The molecule has 152 valence electrons. The third-order valence-corrected chi connectivity index (χ3v) is 5.03. The number of carbonyl (C=O) groups is 2. The van der Waals surface area contributed by atoms with Crippen molar-refractivity contribution in [2.24, 2.45) is 0 Å². The predicted molar refractivity (Wildman–Crippen MR) is 109 cm³/mol. The van der Waals surface area contributed by atoms with Crippen LogP contribution in [0.4, 0.5) is 5.13 Å². The Bertz CT molecular complexity index is 1120. The molecule has 0 atom stereocenters. The summed E-state index contributed by atoms with van der Waals surface area (Å²) in [5, 5.41) is 3.72. The van der Waals surface area contributed by atoms with E-state index >= 15 is 0 Å². The van der Waals surface area contributed by atoms with Gasteiger partial charge in [-0.1, -0.05) is 18.3 Å². The fourth-order valence-corrected chi connectivity index (χ4v) is 3.66. The number of hydrogen-bond donors (Lipinski definition) is 1. The number of ether oxygens (including phenoxy) is 2.